The van der Waals surface area contributed by atoms with Crippen LogP contribution in [0.4, 0.5) is 13.2 Å². The zero-order valence-electron chi connectivity index (χ0n) is 7.84. The van der Waals surface area contributed by atoms with Gasteiger partial charge in [0.05, 0.1) is 0 Å². The van der Waals surface area contributed by atoms with Gasteiger partial charge in [0.25, 0.3) is 0 Å². The Labute approximate surface area is 84.0 Å². The van der Waals surface area contributed by atoms with Crippen molar-refractivity contribution in [1.29, 1.82) is 0 Å². The summed E-state index contributed by atoms with van der Waals surface area (Å²) in [4.78, 5) is 10.8. The first kappa shape index (κ1) is 12.3. The summed E-state index contributed by atoms with van der Waals surface area (Å²) in [6.07, 6.45) is -4.63. The molecule has 0 aromatic rings. The van der Waals surface area contributed by atoms with Crippen LogP contribution < -0.4 is 0 Å². The Morgan fingerprint density at radius 3 is 2.33 bits per heavy atom. The molecule has 0 spiro atoms. The number of carbonyl (C=O) groups is 1. The SMILES string of the molecule is O=C(O)C1(OCC(F)(F)F)CCOCC1. The highest BCUT2D eigenvalue weighted by Crippen LogP contribution is 2.28. The molecule has 0 amide bonds. The Bertz CT molecular complexity index is 233. The second-order valence-corrected chi connectivity index (χ2v) is 3.32. The van der Waals surface area contributed by atoms with Crippen LogP contribution in [0.3, 0.4) is 0 Å². The fraction of sp³-hybridized carbons (Fsp3) is 0.875. The van der Waals surface area contributed by atoms with Crippen LogP contribution in [-0.2, 0) is 14.3 Å². The van der Waals surface area contributed by atoms with Crippen LogP contribution in [-0.4, -0.2) is 42.7 Å². The number of rotatable bonds is 3. The molecule has 0 atom stereocenters. The number of aliphatic carboxylic acids is 1. The molecule has 1 aliphatic rings. The quantitative estimate of drug-likeness (QED) is 0.788. The molecule has 1 saturated heterocycles. The first-order valence-electron chi connectivity index (χ1n) is 4.38. The van der Waals surface area contributed by atoms with Gasteiger partial charge in [-0.05, 0) is 0 Å². The summed E-state index contributed by atoms with van der Waals surface area (Å²) < 4.78 is 45.1. The van der Waals surface area contributed by atoms with Crippen molar-refractivity contribution >= 4 is 5.97 Å². The molecular formula is C8H11F3O4. The fourth-order valence-electron chi connectivity index (χ4n) is 1.34. The van der Waals surface area contributed by atoms with Gasteiger partial charge in [0.15, 0.2) is 5.60 Å². The number of ether oxygens (including phenoxy) is 2. The maximum Gasteiger partial charge on any atom is 0.411 e. The van der Waals surface area contributed by atoms with Crippen LogP contribution in [0.15, 0.2) is 0 Å². The van der Waals surface area contributed by atoms with E-state index in [4.69, 9.17) is 9.84 Å². The highest BCUT2D eigenvalue weighted by Gasteiger charge is 2.44. The average molecular weight is 228 g/mol. The number of hydrogen-bond acceptors (Lipinski definition) is 3. The summed E-state index contributed by atoms with van der Waals surface area (Å²) in [7, 11) is 0. The molecule has 0 bridgehead atoms. The number of alkyl halides is 3. The van der Waals surface area contributed by atoms with E-state index in [-0.39, 0.29) is 26.1 Å². The molecule has 1 aliphatic heterocycles. The Kier molecular flexibility index (Phi) is 3.56. The topological polar surface area (TPSA) is 55.8 Å². The number of hydrogen-bond donors (Lipinski definition) is 1. The second kappa shape index (κ2) is 4.36. The summed E-state index contributed by atoms with van der Waals surface area (Å²) in [6, 6.07) is 0. The lowest BCUT2D eigenvalue weighted by Gasteiger charge is -2.33. The first-order chi connectivity index (χ1) is 6.86. The van der Waals surface area contributed by atoms with Gasteiger partial charge < -0.3 is 14.6 Å². The third kappa shape index (κ3) is 3.35. The number of halogens is 3. The van der Waals surface area contributed by atoms with E-state index >= 15 is 0 Å². The van der Waals surface area contributed by atoms with Crippen molar-refractivity contribution in [3.8, 4) is 0 Å². The molecular weight excluding hydrogens is 217 g/mol. The zero-order chi connectivity index (χ0) is 11.5. The lowest BCUT2D eigenvalue weighted by atomic mass is 9.94. The van der Waals surface area contributed by atoms with E-state index in [1.807, 2.05) is 0 Å². The fourth-order valence-corrected chi connectivity index (χ4v) is 1.34. The molecule has 0 aromatic carbocycles. The van der Waals surface area contributed by atoms with E-state index < -0.39 is 24.4 Å². The standard InChI is InChI=1S/C8H11F3O4/c9-8(10,11)5-15-7(6(12)13)1-3-14-4-2-7/h1-5H2,(H,12,13). The van der Waals surface area contributed by atoms with Gasteiger partial charge in [0, 0.05) is 26.1 Å². The van der Waals surface area contributed by atoms with Gasteiger partial charge in [-0.25, -0.2) is 4.79 Å². The molecule has 1 fully saturated rings. The third-order valence-electron chi connectivity index (χ3n) is 2.20. The van der Waals surface area contributed by atoms with Crippen molar-refractivity contribution in [3.63, 3.8) is 0 Å². The van der Waals surface area contributed by atoms with Crippen molar-refractivity contribution in [2.75, 3.05) is 19.8 Å². The van der Waals surface area contributed by atoms with Crippen LogP contribution >= 0.6 is 0 Å². The van der Waals surface area contributed by atoms with Crippen LogP contribution in [0.25, 0.3) is 0 Å². The maximum atomic E-state index is 11.9. The summed E-state index contributed by atoms with van der Waals surface area (Å²) in [5, 5.41) is 8.84. The molecule has 0 aliphatic carbocycles. The molecule has 0 radical (unpaired) electrons. The number of carboxylic acids is 1. The smallest absolute Gasteiger partial charge is 0.411 e. The molecule has 88 valence electrons. The lowest BCUT2D eigenvalue weighted by molar-refractivity contribution is -0.224. The highest BCUT2D eigenvalue weighted by molar-refractivity contribution is 5.77. The highest BCUT2D eigenvalue weighted by atomic mass is 19.4. The monoisotopic (exact) mass is 228 g/mol. The largest absolute Gasteiger partial charge is 0.479 e. The predicted octanol–water partition coefficient (Wildman–Crippen LogP) is 1.20. The van der Waals surface area contributed by atoms with Crippen molar-refractivity contribution in [3.05, 3.63) is 0 Å². The summed E-state index contributed by atoms with van der Waals surface area (Å²) in [5.41, 5.74) is -1.74. The van der Waals surface area contributed by atoms with E-state index in [1.165, 1.54) is 0 Å². The van der Waals surface area contributed by atoms with E-state index in [2.05, 4.69) is 4.74 Å². The van der Waals surface area contributed by atoms with E-state index in [1.54, 1.807) is 0 Å². The molecule has 1 N–H and O–H groups in total. The first-order valence-corrected chi connectivity index (χ1v) is 4.38. The van der Waals surface area contributed by atoms with Crippen LogP contribution in [0.1, 0.15) is 12.8 Å². The molecule has 0 unspecified atom stereocenters. The Morgan fingerprint density at radius 1 is 1.40 bits per heavy atom. The van der Waals surface area contributed by atoms with Gasteiger partial charge in [0.2, 0.25) is 0 Å². The summed E-state index contributed by atoms with van der Waals surface area (Å²) in [5.74, 6) is -1.37. The Morgan fingerprint density at radius 2 is 1.93 bits per heavy atom. The predicted molar refractivity (Wildman–Crippen MR) is 42.4 cm³/mol. The Hall–Kier alpha value is -0.820. The average Bonchev–Trinajstić information content (AvgIpc) is 2.15. The molecule has 7 heteroatoms. The minimum absolute atomic E-state index is 0.0571. The van der Waals surface area contributed by atoms with Crippen LogP contribution in [0, 0.1) is 0 Å². The van der Waals surface area contributed by atoms with Crippen LogP contribution in [0.5, 0.6) is 0 Å². The van der Waals surface area contributed by atoms with Gasteiger partial charge in [-0.3, -0.25) is 0 Å². The third-order valence-corrected chi connectivity index (χ3v) is 2.20. The van der Waals surface area contributed by atoms with E-state index in [9.17, 15) is 18.0 Å². The maximum absolute atomic E-state index is 11.9. The molecule has 0 saturated carbocycles. The minimum atomic E-state index is -4.51. The van der Waals surface area contributed by atoms with Gasteiger partial charge in [-0.15, -0.1) is 0 Å². The summed E-state index contributed by atoms with van der Waals surface area (Å²) >= 11 is 0. The normalized spacial score (nSPS) is 21.3. The van der Waals surface area contributed by atoms with Gasteiger partial charge >= 0.3 is 12.1 Å². The van der Waals surface area contributed by atoms with Crippen molar-refractivity contribution < 1.29 is 32.5 Å². The van der Waals surface area contributed by atoms with Crippen LogP contribution in [0.2, 0.25) is 0 Å². The minimum Gasteiger partial charge on any atom is -0.479 e. The van der Waals surface area contributed by atoms with E-state index in [0.29, 0.717) is 0 Å². The molecule has 1 heterocycles. The lowest BCUT2D eigenvalue weighted by Crippen LogP contribution is -2.48. The Balaban J connectivity index is 2.61. The second-order valence-electron chi connectivity index (χ2n) is 3.32. The van der Waals surface area contributed by atoms with Gasteiger partial charge in [-0.2, -0.15) is 13.2 Å². The van der Waals surface area contributed by atoms with Gasteiger partial charge in [-0.1, -0.05) is 0 Å². The molecule has 1 rings (SSSR count). The molecule has 15 heavy (non-hydrogen) atoms. The van der Waals surface area contributed by atoms with Crippen molar-refractivity contribution in [2.24, 2.45) is 0 Å². The van der Waals surface area contributed by atoms with Crippen molar-refractivity contribution in [1.82, 2.24) is 0 Å². The van der Waals surface area contributed by atoms with E-state index in [0.717, 1.165) is 0 Å². The summed E-state index contributed by atoms with van der Waals surface area (Å²) in [6.45, 7) is -1.34. The molecule has 0 aromatic heterocycles. The zero-order valence-corrected chi connectivity index (χ0v) is 7.84. The van der Waals surface area contributed by atoms with Gasteiger partial charge in [0.1, 0.15) is 6.61 Å². The van der Waals surface area contributed by atoms with Crippen molar-refractivity contribution in [2.45, 2.75) is 24.6 Å². The molecule has 4 nitrogen and oxygen atoms in total. The number of carboxylic acid groups (broad SMARTS) is 1.